The lowest BCUT2D eigenvalue weighted by molar-refractivity contribution is -0.129. The van der Waals surface area contributed by atoms with Crippen LogP contribution in [0.2, 0.25) is 5.82 Å². The Bertz CT molecular complexity index is 371. The van der Waals surface area contributed by atoms with Crippen LogP contribution in [0.15, 0.2) is 0 Å². The maximum atomic E-state index is 13.3. The second-order valence-corrected chi connectivity index (χ2v) is 7.43. The van der Waals surface area contributed by atoms with E-state index in [4.69, 9.17) is 9.31 Å². The summed E-state index contributed by atoms with van der Waals surface area (Å²) in [5.74, 6) is 0.238. The highest BCUT2D eigenvalue weighted by molar-refractivity contribution is 6.47. The van der Waals surface area contributed by atoms with E-state index in [1.54, 1.807) is 0 Å². The minimum atomic E-state index is -0.750. The van der Waals surface area contributed by atoms with Crippen LogP contribution in [0, 0.1) is 5.41 Å². The van der Waals surface area contributed by atoms with Crippen molar-refractivity contribution in [1.29, 1.82) is 0 Å². The van der Waals surface area contributed by atoms with E-state index in [1.807, 2.05) is 27.7 Å². The monoisotopic (exact) mass is 284 g/mol. The van der Waals surface area contributed by atoms with Gasteiger partial charge in [0, 0.05) is 0 Å². The van der Waals surface area contributed by atoms with Crippen molar-refractivity contribution < 1.29 is 18.5 Å². The van der Waals surface area contributed by atoms with Crippen molar-refractivity contribution in [3.63, 3.8) is 0 Å². The summed E-state index contributed by atoms with van der Waals surface area (Å²) in [6, 6.07) is 0. The summed E-state index contributed by atoms with van der Waals surface area (Å²) in [6.45, 7) is 9.12. The van der Waals surface area contributed by atoms with Crippen molar-refractivity contribution in [2.24, 2.45) is 5.41 Å². The van der Waals surface area contributed by atoms with Crippen LogP contribution in [-0.2, 0) is 14.1 Å². The van der Waals surface area contributed by atoms with Gasteiger partial charge in [-0.2, -0.15) is 0 Å². The maximum Gasteiger partial charge on any atom is 0.461 e. The smallest absolute Gasteiger partial charge is 0.403 e. The summed E-state index contributed by atoms with van der Waals surface area (Å²) >= 11 is 0. The zero-order valence-electron chi connectivity index (χ0n) is 13.3. The third-order valence-electron chi connectivity index (χ3n) is 5.65. The fourth-order valence-electron chi connectivity index (χ4n) is 3.13. The molecule has 20 heavy (non-hydrogen) atoms. The number of carbonyl (C=O) groups excluding carboxylic acids is 1. The van der Waals surface area contributed by atoms with E-state index >= 15 is 0 Å². The molecular formula is C15H26BFO3. The van der Waals surface area contributed by atoms with E-state index in [0.29, 0.717) is 12.8 Å². The van der Waals surface area contributed by atoms with Gasteiger partial charge in [0.2, 0.25) is 0 Å². The van der Waals surface area contributed by atoms with Gasteiger partial charge >= 0.3 is 7.12 Å². The molecule has 0 unspecified atom stereocenters. The lowest BCUT2D eigenvalue weighted by atomic mass is 9.58. The predicted molar refractivity (Wildman–Crippen MR) is 77.4 cm³/mol. The second kappa shape index (κ2) is 5.10. The van der Waals surface area contributed by atoms with Gasteiger partial charge in [-0.3, -0.25) is 9.18 Å². The van der Waals surface area contributed by atoms with Crippen molar-refractivity contribution >= 4 is 12.9 Å². The standard InChI is InChI=1S/C15H26BFO3/c1-11(18)15(10-17)8-6-12(7-9-15)16-19-13(2,3)14(4,5)20-16/h12H,6-10H2,1-5H3. The zero-order chi connectivity index (χ0) is 15.2. The molecule has 0 aromatic carbocycles. The number of carbonyl (C=O) groups is 1. The van der Waals surface area contributed by atoms with Crippen LogP contribution in [0.4, 0.5) is 4.39 Å². The van der Waals surface area contributed by atoms with Gasteiger partial charge in [0.25, 0.3) is 0 Å². The molecule has 0 N–H and O–H groups in total. The molecule has 0 aromatic heterocycles. The topological polar surface area (TPSA) is 35.5 Å². The summed E-state index contributed by atoms with van der Waals surface area (Å²) in [5, 5.41) is 0. The average Bonchev–Trinajstić information content (AvgIpc) is 2.58. The van der Waals surface area contributed by atoms with E-state index in [9.17, 15) is 9.18 Å². The van der Waals surface area contributed by atoms with Crippen molar-refractivity contribution in [3.05, 3.63) is 0 Å². The van der Waals surface area contributed by atoms with Gasteiger partial charge in [-0.25, -0.2) is 0 Å². The number of ketones is 1. The number of Topliss-reactive ketones (excluding diaryl/α,β-unsaturated/α-hetero) is 1. The van der Waals surface area contributed by atoms with Crippen molar-refractivity contribution in [3.8, 4) is 0 Å². The molecule has 2 aliphatic rings. The molecule has 0 radical (unpaired) electrons. The van der Waals surface area contributed by atoms with E-state index in [-0.39, 0.29) is 29.9 Å². The van der Waals surface area contributed by atoms with E-state index < -0.39 is 12.1 Å². The molecule has 0 aromatic rings. The van der Waals surface area contributed by atoms with Gasteiger partial charge in [0.15, 0.2) is 0 Å². The first-order valence-corrected chi connectivity index (χ1v) is 7.56. The fourth-order valence-corrected chi connectivity index (χ4v) is 3.13. The minimum absolute atomic E-state index is 0.0210. The van der Waals surface area contributed by atoms with Crippen LogP contribution >= 0.6 is 0 Å². The molecule has 2 rings (SSSR count). The van der Waals surface area contributed by atoms with Gasteiger partial charge < -0.3 is 9.31 Å². The maximum absolute atomic E-state index is 13.3. The molecule has 0 bridgehead atoms. The fraction of sp³-hybridized carbons (Fsp3) is 0.933. The van der Waals surface area contributed by atoms with Crippen LogP contribution in [-0.4, -0.2) is 30.8 Å². The summed E-state index contributed by atoms with van der Waals surface area (Å²) in [4.78, 5) is 11.7. The quantitative estimate of drug-likeness (QED) is 0.743. The third kappa shape index (κ3) is 2.55. The molecule has 0 spiro atoms. The minimum Gasteiger partial charge on any atom is -0.403 e. The molecule has 114 valence electrons. The van der Waals surface area contributed by atoms with Crippen LogP contribution in [0.5, 0.6) is 0 Å². The molecule has 0 amide bonds. The summed E-state index contributed by atoms with van der Waals surface area (Å²) in [5.41, 5.74) is -1.40. The molecule has 1 saturated heterocycles. The van der Waals surface area contributed by atoms with Gasteiger partial charge in [-0.1, -0.05) is 12.8 Å². The molecule has 1 aliphatic heterocycles. The molecule has 3 nitrogen and oxygen atoms in total. The van der Waals surface area contributed by atoms with Crippen molar-refractivity contribution in [2.45, 2.75) is 77.3 Å². The highest BCUT2D eigenvalue weighted by Crippen LogP contribution is 2.48. The molecule has 1 saturated carbocycles. The first-order chi connectivity index (χ1) is 9.13. The third-order valence-corrected chi connectivity index (χ3v) is 5.65. The van der Waals surface area contributed by atoms with Crippen LogP contribution in [0.3, 0.4) is 0 Å². The lowest BCUT2D eigenvalue weighted by Crippen LogP contribution is -2.41. The zero-order valence-corrected chi connectivity index (χ0v) is 13.3. The lowest BCUT2D eigenvalue weighted by Gasteiger charge is -2.36. The largest absolute Gasteiger partial charge is 0.461 e. The first kappa shape index (κ1) is 16.0. The van der Waals surface area contributed by atoms with E-state index in [2.05, 4.69) is 0 Å². The van der Waals surface area contributed by atoms with Crippen molar-refractivity contribution in [1.82, 2.24) is 0 Å². The van der Waals surface area contributed by atoms with Crippen LogP contribution in [0.1, 0.15) is 60.3 Å². The van der Waals surface area contributed by atoms with Crippen LogP contribution < -0.4 is 0 Å². The Balaban J connectivity index is 2.01. The molecule has 5 heteroatoms. The highest BCUT2D eigenvalue weighted by atomic mass is 19.1. The Morgan fingerprint density at radius 2 is 1.60 bits per heavy atom. The number of alkyl halides is 1. The molecule has 1 heterocycles. The Hall–Kier alpha value is -0.415. The van der Waals surface area contributed by atoms with Gasteiger partial charge in [-0.15, -0.1) is 0 Å². The van der Waals surface area contributed by atoms with E-state index in [0.717, 1.165) is 12.8 Å². The van der Waals surface area contributed by atoms with Crippen LogP contribution in [0.25, 0.3) is 0 Å². The number of hydrogen-bond donors (Lipinski definition) is 0. The summed E-state index contributed by atoms with van der Waals surface area (Å²) in [7, 11) is -0.232. The molecule has 1 aliphatic carbocycles. The Morgan fingerprint density at radius 1 is 1.15 bits per heavy atom. The predicted octanol–water partition coefficient (Wildman–Crippen LogP) is 3.57. The van der Waals surface area contributed by atoms with Gasteiger partial charge in [-0.05, 0) is 53.3 Å². The molecule has 0 atom stereocenters. The van der Waals surface area contributed by atoms with Gasteiger partial charge in [0.1, 0.15) is 12.5 Å². The van der Waals surface area contributed by atoms with Gasteiger partial charge in [0.05, 0.1) is 16.6 Å². The Kier molecular flexibility index (Phi) is 4.07. The number of rotatable bonds is 3. The second-order valence-electron chi connectivity index (χ2n) is 7.43. The summed E-state index contributed by atoms with van der Waals surface area (Å²) in [6.07, 6.45) is 2.79. The number of halogens is 1. The first-order valence-electron chi connectivity index (χ1n) is 7.56. The van der Waals surface area contributed by atoms with Crippen molar-refractivity contribution in [2.75, 3.05) is 6.67 Å². The highest BCUT2D eigenvalue weighted by Gasteiger charge is 2.55. The Morgan fingerprint density at radius 3 is 1.95 bits per heavy atom. The molecule has 2 fully saturated rings. The normalized spacial score (nSPS) is 36.1. The number of hydrogen-bond acceptors (Lipinski definition) is 3. The average molecular weight is 284 g/mol. The summed E-state index contributed by atoms with van der Waals surface area (Å²) < 4.78 is 25.4. The SMILES string of the molecule is CC(=O)C1(CF)CCC(B2OC(C)(C)C(C)(C)O2)CC1. The Labute approximate surface area is 121 Å². The van der Waals surface area contributed by atoms with E-state index in [1.165, 1.54) is 6.92 Å². The molecular weight excluding hydrogens is 258 g/mol.